The van der Waals surface area contributed by atoms with Crippen LogP contribution in [0.3, 0.4) is 0 Å². The van der Waals surface area contributed by atoms with Crippen LogP contribution in [0, 0.1) is 20.8 Å². The predicted octanol–water partition coefficient (Wildman–Crippen LogP) is 4.86. The highest BCUT2D eigenvalue weighted by Crippen LogP contribution is 2.33. The van der Waals surface area contributed by atoms with Crippen LogP contribution in [-0.2, 0) is 4.74 Å². The van der Waals surface area contributed by atoms with Crippen LogP contribution in [0.25, 0.3) is 11.0 Å². The van der Waals surface area contributed by atoms with Gasteiger partial charge in [-0.25, -0.2) is 4.79 Å². The molecule has 0 unspecified atom stereocenters. The Balaban J connectivity index is 2.00. The van der Waals surface area contributed by atoms with Gasteiger partial charge in [-0.2, -0.15) is 0 Å². The number of anilines is 1. The zero-order chi connectivity index (χ0) is 20.6. The van der Waals surface area contributed by atoms with Gasteiger partial charge in [-0.1, -0.05) is 11.6 Å². The number of halogens is 1. The number of esters is 1. The van der Waals surface area contributed by atoms with Crippen LogP contribution in [0.2, 0.25) is 5.02 Å². The molecule has 0 fully saturated rings. The van der Waals surface area contributed by atoms with E-state index < -0.39 is 11.9 Å². The quantitative estimate of drug-likeness (QED) is 0.610. The van der Waals surface area contributed by atoms with Gasteiger partial charge < -0.3 is 14.5 Å². The van der Waals surface area contributed by atoms with Crippen molar-refractivity contribution in [3.63, 3.8) is 0 Å². The maximum Gasteiger partial charge on any atom is 0.341 e. The second kappa shape index (κ2) is 7.77. The zero-order valence-electron chi connectivity index (χ0n) is 15.8. The summed E-state index contributed by atoms with van der Waals surface area (Å²) in [5, 5.41) is 3.76. The highest BCUT2D eigenvalue weighted by Gasteiger charge is 2.23. The number of carbonyl (C=O) groups excluding carboxylic acids is 2. The number of fused-ring (bicyclic) bond motifs is 1. The molecule has 8 heteroatoms. The van der Waals surface area contributed by atoms with Crippen LogP contribution < -0.4 is 10.7 Å². The van der Waals surface area contributed by atoms with Gasteiger partial charge in [-0.05, 0) is 51.0 Å². The molecular weight excluding hydrogens is 402 g/mol. The lowest BCUT2D eigenvalue weighted by Crippen LogP contribution is -2.17. The molecule has 1 amide bonds. The van der Waals surface area contributed by atoms with Crippen LogP contribution in [-0.4, -0.2) is 18.5 Å². The number of rotatable bonds is 4. The Morgan fingerprint density at radius 1 is 1.21 bits per heavy atom. The number of aryl methyl sites for hydroxylation is 2. The summed E-state index contributed by atoms with van der Waals surface area (Å²) in [5.41, 5.74) is 1.66. The maximum atomic E-state index is 12.7. The fraction of sp³-hybridized carbons (Fsp3) is 0.250. The average molecular weight is 420 g/mol. The van der Waals surface area contributed by atoms with Gasteiger partial charge >= 0.3 is 5.97 Å². The summed E-state index contributed by atoms with van der Waals surface area (Å²) in [7, 11) is 0. The smallest absolute Gasteiger partial charge is 0.341 e. The van der Waals surface area contributed by atoms with Gasteiger partial charge in [0.15, 0.2) is 11.2 Å². The van der Waals surface area contributed by atoms with Crippen LogP contribution in [0.1, 0.15) is 43.8 Å². The molecule has 0 aliphatic carbocycles. The molecule has 0 atom stereocenters. The Morgan fingerprint density at radius 3 is 2.61 bits per heavy atom. The monoisotopic (exact) mass is 419 g/mol. The first-order valence-electron chi connectivity index (χ1n) is 8.55. The molecule has 3 rings (SSSR count). The summed E-state index contributed by atoms with van der Waals surface area (Å²) in [5.74, 6) is -1.29. The van der Waals surface area contributed by atoms with Gasteiger partial charge in [0.2, 0.25) is 0 Å². The van der Waals surface area contributed by atoms with Crippen LogP contribution in [0.5, 0.6) is 0 Å². The normalized spacial score (nSPS) is 10.9. The standard InChI is InChI=1S/C20H18ClNO5S/c1-5-26-20(25)17-10(3)11(4)28-19(17)22-18(24)16-8-14(23)12-7-13(21)9(2)6-15(12)27-16/h6-8H,5H2,1-4H3,(H,22,24). The van der Waals surface area contributed by atoms with Crippen molar-refractivity contribution in [1.29, 1.82) is 0 Å². The number of ether oxygens (including phenoxy) is 1. The lowest BCUT2D eigenvalue weighted by atomic mass is 10.1. The van der Waals surface area contributed by atoms with Crippen molar-refractivity contribution in [3.05, 3.63) is 60.8 Å². The second-order valence-electron chi connectivity index (χ2n) is 6.23. The van der Waals surface area contributed by atoms with E-state index in [2.05, 4.69) is 5.32 Å². The van der Waals surface area contributed by atoms with Gasteiger partial charge in [-0.3, -0.25) is 9.59 Å². The minimum Gasteiger partial charge on any atom is -0.462 e. The van der Waals surface area contributed by atoms with Crippen LogP contribution >= 0.6 is 22.9 Å². The second-order valence-corrected chi connectivity index (χ2v) is 7.87. The van der Waals surface area contributed by atoms with Crippen molar-refractivity contribution in [2.24, 2.45) is 0 Å². The molecule has 1 aromatic carbocycles. The van der Waals surface area contributed by atoms with Crippen molar-refractivity contribution in [2.45, 2.75) is 27.7 Å². The third-order valence-electron chi connectivity index (χ3n) is 4.32. The molecule has 3 aromatic rings. The Kier molecular flexibility index (Phi) is 5.58. The lowest BCUT2D eigenvalue weighted by molar-refractivity contribution is 0.0527. The van der Waals surface area contributed by atoms with E-state index in [0.29, 0.717) is 21.0 Å². The lowest BCUT2D eigenvalue weighted by Gasteiger charge is -2.08. The number of benzene rings is 1. The highest BCUT2D eigenvalue weighted by molar-refractivity contribution is 7.16. The molecular formula is C20H18ClNO5S. The van der Waals surface area contributed by atoms with E-state index in [1.807, 2.05) is 6.92 Å². The van der Waals surface area contributed by atoms with E-state index >= 15 is 0 Å². The van der Waals surface area contributed by atoms with E-state index in [0.717, 1.165) is 22.1 Å². The molecule has 2 aromatic heterocycles. The third kappa shape index (κ3) is 3.68. The molecule has 1 N–H and O–H groups in total. The van der Waals surface area contributed by atoms with Gasteiger partial charge in [0, 0.05) is 16.0 Å². The molecule has 0 bridgehead atoms. The molecule has 2 heterocycles. The largest absolute Gasteiger partial charge is 0.462 e. The van der Waals surface area contributed by atoms with E-state index in [9.17, 15) is 14.4 Å². The summed E-state index contributed by atoms with van der Waals surface area (Å²) < 4.78 is 10.7. The first-order chi connectivity index (χ1) is 13.2. The predicted molar refractivity (Wildman–Crippen MR) is 110 cm³/mol. The van der Waals surface area contributed by atoms with Gasteiger partial charge in [0.1, 0.15) is 10.6 Å². The Morgan fingerprint density at radius 2 is 1.93 bits per heavy atom. The number of amides is 1. The Labute approximate surface area is 170 Å². The highest BCUT2D eigenvalue weighted by atomic mass is 35.5. The number of hydrogen-bond donors (Lipinski definition) is 1. The number of hydrogen-bond acceptors (Lipinski definition) is 6. The number of carbonyl (C=O) groups is 2. The summed E-state index contributed by atoms with van der Waals surface area (Å²) in [4.78, 5) is 38.2. The minimum atomic E-state index is -0.626. The first-order valence-corrected chi connectivity index (χ1v) is 9.74. The van der Waals surface area contributed by atoms with Gasteiger partial charge in [0.05, 0.1) is 17.6 Å². The molecule has 28 heavy (non-hydrogen) atoms. The molecule has 0 saturated carbocycles. The van der Waals surface area contributed by atoms with Gasteiger partial charge in [-0.15, -0.1) is 11.3 Å². The molecule has 0 saturated heterocycles. The van der Waals surface area contributed by atoms with Gasteiger partial charge in [0.25, 0.3) is 5.91 Å². The Bertz CT molecular complexity index is 1160. The van der Waals surface area contributed by atoms with Crippen LogP contribution in [0.15, 0.2) is 27.4 Å². The van der Waals surface area contributed by atoms with E-state index in [1.165, 1.54) is 17.4 Å². The summed E-state index contributed by atoms with van der Waals surface area (Å²) in [6.45, 7) is 7.35. The SMILES string of the molecule is CCOC(=O)c1c(NC(=O)c2cc(=O)c3cc(Cl)c(C)cc3o2)sc(C)c1C. The summed E-state index contributed by atoms with van der Waals surface area (Å²) in [6.07, 6.45) is 0. The van der Waals surface area contributed by atoms with Crippen molar-refractivity contribution in [3.8, 4) is 0 Å². The average Bonchev–Trinajstić information content (AvgIpc) is 2.90. The molecule has 0 aliphatic heterocycles. The van der Waals surface area contributed by atoms with Crippen molar-refractivity contribution >= 4 is 50.8 Å². The molecule has 146 valence electrons. The topological polar surface area (TPSA) is 85.6 Å². The molecule has 6 nitrogen and oxygen atoms in total. The van der Waals surface area contributed by atoms with E-state index in [4.69, 9.17) is 20.8 Å². The summed E-state index contributed by atoms with van der Waals surface area (Å²) >= 11 is 7.32. The number of nitrogens with one attached hydrogen (secondary N) is 1. The summed E-state index contributed by atoms with van der Waals surface area (Å²) in [6, 6.07) is 4.24. The van der Waals surface area contributed by atoms with Crippen LogP contribution in [0.4, 0.5) is 5.00 Å². The maximum absolute atomic E-state index is 12.7. The van der Waals surface area contributed by atoms with Crippen molar-refractivity contribution < 1.29 is 18.7 Å². The fourth-order valence-corrected chi connectivity index (χ4v) is 3.92. The van der Waals surface area contributed by atoms with Crippen molar-refractivity contribution in [1.82, 2.24) is 0 Å². The third-order valence-corrected chi connectivity index (χ3v) is 5.85. The molecule has 0 radical (unpaired) electrons. The fourth-order valence-electron chi connectivity index (χ4n) is 2.72. The number of thiophene rings is 1. The van der Waals surface area contributed by atoms with E-state index in [-0.39, 0.29) is 23.4 Å². The first kappa shape index (κ1) is 20.1. The zero-order valence-corrected chi connectivity index (χ0v) is 17.3. The molecule has 0 spiro atoms. The van der Waals surface area contributed by atoms with Crippen molar-refractivity contribution in [2.75, 3.05) is 11.9 Å². The molecule has 0 aliphatic rings. The minimum absolute atomic E-state index is 0.155. The van der Waals surface area contributed by atoms with E-state index in [1.54, 1.807) is 26.8 Å². The Hall–Kier alpha value is -2.64.